The summed E-state index contributed by atoms with van der Waals surface area (Å²) in [6, 6.07) is -0.591. The molecule has 34 heteroatoms. The zero-order valence-corrected chi connectivity index (χ0v) is 74.8. The second-order valence-corrected chi connectivity index (χ2v) is 30.1. The molecule has 0 saturated carbocycles. The average Bonchev–Trinajstić information content (AvgIpc) is 1.67. The number of rotatable bonds is 42. The van der Waals surface area contributed by atoms with Crippen molar-refractivity contribution in [1.29, 1.82) is 0 Å². The summed E-state index contributed by atoms with van der Waals surface area (Å²) in [5.41, 5.74) is 23.5. The Morgan fingerprint density at radius 1 is 0.510 bits per heavy atom. The largest absolute Gasteiger partial charge is 1.00 e. The molecular weight excluding hydrogens is 1710 g/mol. The zero-order chi connectivity index (χ0) is 71.6. The van der Waals surface area contributed by atoms with Crippen molar-refractivity contribution < 1.29 is 136 Å². The number of terminal acetylenes is 1. The van der Waals surface area contributed by atoms with E-state index in [0.717, 1.165) is 88.8 Å². The summed E-state index contributed by atoms with van der Waals surface area (Å²) in [7, 11) is 25.6. The van der Waals surface area contributed by atoms with Crippen molar-refractivity contribution in [3.05, 3.63) is 43.2 Å². The predicted octanol–water partition coefficient (Wildman–Crippen LogP) is -1.03. The first-order valence-corrected chi connectivity index (χ1v) is 35.5. The van der Waals surface area contributed by atoms with Crippen LogP contribution in [0.15, 0.2) is 21.5 Å². The van der Waals surface area contributed by atoms with Crippen molar-refractivity contribution >= 4 is 39.8 Å². The van der Waals surface area contributed by atoms with Gasteiger partial charge in [0.1, 0.15) is 29.9 Å². The first-order chi connectivity index (χ1) is 43.5. The van der Waals surface area contributed by atoms with Gasteiger partial charge in [-0.05, 0) is 109 Å². The Morgan fingerprint density at radius 2 is 0.843 bits per heavy atom. The van der Waals surface area contributed by atoms with Crippen LogP contribution in [0.3, 0.4) is 0 Å². The number of unbranched alkanes of at least 4 members (excludes halogenated alkanes) is 12. The van der Waals surface area contributed by atoms with Crippen LogP contribution in [0.2, 0.25) is 0 Å². The van der Waals surface area contributed by atoms with E-state index in [-0.39, 0.29) is 133 Å². The van der Waals surface area contributed by atoms with Crippen LogP contribution in [0.25, 0.3) is 31.3 Å². The molecule has 0 bridgehead atoms. The predicted molar refractivity (Wildman–Crippen MR) is 404 cm³/mol. The number of urea groups is 2. The molecule has 2 saturated heterocycles. The fourth-order valence-corrected chi connectivity index (χ4v) is 10.3. The van der Waals surface area contributed by atoms with Crippen LogP contribution in [0.5, 0.6) is 0 Å². The van der Waals surface area contributed by atoms with Crippen LogP contribution in [-0.4, -0.2) is 275 Å². The zero-order valence-electron chi connectivity index (χ0n) is 65.3. The molecule has 0 radical (unpaired) electrons. The molecule has 2 aliphatic rings. The van der Waals surface area contributed by atoms with Gasteiger partial charge in [-0.25, -0.2) is 14.3 Å². The lowest BCUT2D eigenvalue weighted by Crippen LogP contribution is -3.00. The Bertz CT molecular complexity index is 2380. The van der Waals surface area contributed by atoms with E-state index in [1.54, 1.807) is 27.7 Å². The quantitative estimate of drug-likeness (QED) is 0.0120. The minimum Gasteiger partial charge on any atom is -1.00 e. The third kappa shape index (κ3) is 67.6. The molecule has 6 amide bonds. The van der Waals surface area contributed by atoms with Gasteiger partial charge in [-0.2, -0.15) is 0 Å². The second kappa shape index (κ2) is 71.0. The highest BCUT2D eigenvalue weighted by Crippen LogP contribution is 2.19. The number of alkyl halides is 1. The molecule has 0 aromatic carbocycles. The summed E-state index contributed by atoms with van der Waals surface area (Å²) >= 11 is 3.38. The fraction of sp³-hybridized carbons (Fsp3) is 0.882. The molecule has 1 aromatic rings. The number of hydrogen-bond donors (Lipinski definition) is 2. The Kier molecular flexibility index (Phi) is 87.4. The summed E-state index contributed by atoms with van der Waals surface area (Å²) in [4.78, 5) is 60.6. The third-order valence-corrected chi connectivity index (χ3v) is 16.7. The second-order valence-electron chi connectivity index (χ2n) is 29.3. The molecule has 3 heterocycles. The maximum Gasteiger partial charge on any atom is 0.325 e. The molecule has 0 unspecified atom stereocenters. The van der Waals surface area contributed by atoms with Gasteiger partial charge in [0, 0.05) is 59.1 Å². The lowest BCUT2D eigenvalue weighted by atomic mass is 10.1. The van der Waals surface area contributed by atoms with Crippen LogP contribution in [0.1, 0.15) is 192 Å². The number of quaternary nitrogens is 5. The topological polar surface area (TPSA) is 279 Å². The molecule has 26 nitrogen and oxygen atoms in total. The van der Waals surface area contributed by atoms with Crippen LogP contribution in [0, 0.1) is 12.3 Å². The number of imide groups is 2. The van der Waals surface area contributed by atoms with E-state index in [1.165, 1.54) is 137 Å². The van der Waals surface area contributed by atoms with Gasteiger partial charge in [-0.3, -0.25) is 28.8 Å². The maximum atomic E-state index is 12.3. The molecule has 2 aliphatic heterocycles. The van der Waals surface area contributed by atoms with E-state index in [2.05, 4.69) is 163 Å². The van der Waals surface area contributed by atoms with Crippen molar-refractivity contribution in [2.75, 3.05) is 188 Å². The van der Waals surface area contributed by atoms with E-state index >= 15 is 0 Å². The monoisotopic (exact) mass is 1850 g/mol. The van der Waals surface area contributed by atoms with Crippen molar-refractivity contribution in [2.24, 2.45) is 15.3 Å². The minimum absolute atomic E-state index is 0. The van der Waals surface area contributed by atoms with Gasteiger partial charge < -0.3 is 123 Å². The number of azide groups is 3. The lowest BCUT2D eigenvalue weighted by molar-refractivity contribution is -0.904. The minimum atomic E-state index is -0.803. The van der Waals surface area contributed by atoms with E-state index in [1.807, 2.05) is 37.8 Å². The molecule has 2 fully saturated rings. The summed E-state index contributed by atoms with van der Waals surface area (Å²) in [5.74, 6) is 2.32. The maximum absolute atomic E-state index is 12.3. The Balaban J connectivity index is -0.000000101. The van der Waals surface area contributed by atoms with Gasteiger partial charge in [0.15, 0.2) is 0 Å². The van der Waals surface area contributed by atoms with Crippen molar-refractivity contribution in [3.63, 3.8) is 0 Å². The van der Waals surface area contributed by atoms with Crippen LogP contribution < -0.4 is 95.5 Å². The average molecular weight is 1850 g/mol. The molecule has 102 heavy (non-hydrogen) atoms. The Morgan fingerprint density at radius 3 is 1.16 bits per heavy atom. The number of amides is 6. The van der Waals surface area contributed by atoms with Gasteiger partial charge in [0.05, 0.1) is 149 Å². The van der Waals surface area contributed by atoms with Gasteiger partial charge >= 0.3 is 12.1 Å². The highest BCUT2D eigenvalue weighted by molar-refractivity contribution is 9.09. The summed E-state index contributed by atoms with van der Waals surface area (Å²) in [6.07, 6.45) is 29.9. The first kappa shape index (κ1) is 126. The molecule has 0 atom stereocenters. The van der Waals surface area contributed by atoms with E-state index in [9.17, 15) is 19.2 Å². The van der Waals surface area contributed by atoms with Gasteiger partial charge in [-0.15, -0.1) is 11.5 Å². The summed E-state index contributed by atoms with van der Waals surface area (Å²) in [6.45, 7) is 29.7. The molecule has 3 rings (SSSR count). The molecule has 1 aromatic heterocycles. The summed E-state index contributed by atoms with van der Waals surface area (Å²) in [5, 5.41) is 25.8. The Labute approximate surface area is 680 Å². The molecule has 0 aliphatic carbocycles. The van der Waals surface area contributed by atoms with E-state index in [4.69, 9.17) is 23.0 Å². The third-order valence-electron chi connectivity index (χ3n) is 16.1. The lowest BCUT2D eigenvalue weighted by Gasteiger charge is -2.30. The van der Waals surface area contributed by atoms with E-state index in [0.29, 0.717) is 43.8 Å². The highest BCUT2D eigenvalue weighted by atomic mass is 79.9. The van der Waals surface area contributed by atoms with Crippen LogP contribution in [-0.2, 0) is 22.7 Å². The molecule has 2 N–H and O–H groups in total. The number of carbonyl (C=O) groups is 4. The standard InChI is InChI=1S/C23H44N7O2.C13H21N3O2.2C10H23N4.C6H13Br.C4H10N4.2CH4.5BrH.2FH/c1-8-9-10-11-15-29(4,5)17-14-27-18-20(25-26-27)19-30(6,7)16-12-13-28-21(31)23(2,3)24-22(28)32;1-6-9-16(4,5)10-7-8-15-11(17)13(2,3)14-12(15)18;2*1-4-5-6-7-9-14(2,3)10-8-12-13-11;1-2-3-4-5-6-7;1-8(2)4-3-6-7-5;;;;;;;;;/h18H,8-17,19H2,1-7H3;1H,7-10H2,2-5H3;2*4-10H2,1-3H3;2-6H2,1H3;3-4H2,1-2H3;2*1H4;7*1H/q+1;;2*+1;;;;;;;;;;;/p-3. The Hall–Kier alpha value is -2.99. The highest BCUT2D eigenvalue weighted by Gasteiger charge is 2.45. The van der Waals surface area contributed by atoms with Crippen molar-refractivity contribution in [1.82, 2.24) is 40.3 Å². The number of aromatic nitrogens is 3. The van der Waals surface area contributed by atoms with Gasteiger partial charge in [-0.1, -0.05) is 137 Å². The summed E-state index contributed by atoms with van der Waals surface area (Å²) < 4.78 is 6.30. The molecular formula is C68H146Br6F2N22O4. The number of hydrogen-bond acceptors (Lipinski definition) is 10. The van der Waals surface area contributed by atoms with Crippen LogP contribution >= 0.6 is 15.9 Å². The number of nitrogens with zero attached hydrogens (tertiary/aromatic N) is 20. The van der Waals surface area contributed by atoms with Gasteiger partial charge in [0.2, 0.25) is 0 Å². The molecule has 608 valence electrons. The number of nitrogens with one attached hydrogen (secondary N) is 2. The fourth-order valence-electron chi connectivity index (χ4n) is 9.86. The van der Waals surface area contributed by atoms with Crippen LogP contribution in [0.4, 0.5) is 19.0 Å². The number of halogens is 8. The first-order valence-electron chi connectivity index (χ1n) is 34.4. The normalized spacial score (nSPS) is 12.9. The van der Waals surface area contributed by atoms with Crippen molar-refractivity contribution in [3.8, 4) is 12.3 Å². The van der Waals surface area contributed by atoms with Crippen molar-refractivity contribution in [2.45, 2.75) is 210 Å². The SMILES string of the molecule is C.C.C#CC[N+](C)(C)CCCN1C(=O)NC(C)(C)C1=O.CCCCCCBr.CCCCCC[N+](C)(C)CCN=[N+]=[N-].CCCCCC[N+](C)(C)CCN=[N+]=[N-].CCCCCC[N+](C)(C)CCn1cc(C[N+](C)(C)CCCN2C(=O)NC(C)(C)C2=O)nn1.CN(C)CCN=[N+]=[N-].F.F.[Br-].[Br-].[Br-].[Br-].[Br-]. The van der Waals surface area contributed by atoms with Gasteiger partial charge in [0.25, 0.3) is 11.8 Å². The van der Waals surface area contributed by atoms with E-state index < -0.39 is 11.1 Å². The molecule has 0 spiro atoms. The smallest absolute Gasteiger partial charge is 0.325 e. The number of likely N-dealkylation sites (N-methyl/N-ethyl adjacent to an activating group) is 4. The number of carbonyl (C=O) groups excluding carboxylic acids is 4.